The standard InChI is InChI=1S/C13H11F2N5S/c14-8-1-2-10(15)7(5-8)6-17-11-9-3-4-21-12(9)19-13(18-11)20-16/h1-5H,6,16H2,(H2,17,18,19,20). The maximum Gasteiger partial charge on any atom is 0.240 e. The number of thiophene rings is 1. The molecule has 4 N–H and O–H groups in total. The molecule has 0 fully saturated rings. The van der Waals surface area contributed by atoms with E-state index in [0.717, 1.165) is 28.4 Å². The molecule has 108 valence electrons. The van der Waals surface area contributed by atoms with Crippen molar-refractivity contribution < 1.29 is 8.78 Å². The molecule has 2 heterocycles. The number of aromatic nitrogens is 2. The maximum atomic E-state index is 13.6. The first-order valence-corrected chi connectivity index (χ1v) is 6.95. The highest BCUT2D eigenvalue weighted by molar-refractivity contribution is 7.16. The molecular formula is C13H11F2N5S. The van der Waals surface area contributed by atoms with Crippen LogP contribution in [-0.2, 0) is 6.54 Å². The third kappa shape index (κ3) is 2.76. The Labute approximate surface area is 122 Å². The third-order valence-electron chi connectivity index (χ3n) is 2.91. The van der Waals surface area contributed by atoms with Gasteiger partial charge in [0.05, 0.1) is 5.39 Å². The van der Waals surface area contributed by atoms with E-state index in [2.05, 4.69) is 20.7 Å². The summed E-state index contributed by atoms with van der Waals surface area (Å²) < 4.78 is 26.8. The summed E-state index contributed by atoms with van der Waals surface area (Å²) in [6.45, 7) is 0.107. The van der Waals surface area contributed by atoms with E-state index in [1.807, 2.05) is 11.4 Å². The van der Waals surface area contributed by atoms with Gasteiger partial charge in [0.15, 0.2) is 0 Å². The number of nitrogen functional groups attached to an aromatic ring is 1. The number of hydrazine groups is 1. The van der Waals surface area contributed by atoms with E-state index in [9.17, 15) is 8.78 Å². The number of halogens is 2. The Morgan fingerprint density at radius 2 is 2.05 bits per heavy atom. The van der Waals surface area contributed by atoms with Crippen LogP contribution in [0.5, 0.6) is 0 Å². The number of hydrogen-bond acceptors (Lipinski definition) is 6. The van der Waals surface area contributed by atoms with Gasteiger partial charge in [-0.1, -0.05) is 0 Å². The molecule has 0 aliphatic carbocycles. The van der Waals surface area contributed by atoms with Crippen molar-refractivity contribution in [3.63, 3.8) is 0 Å². The van der Waals surface area contributed by atoms with Crippen molar-refractivity contribution in [2.75, 3.05) is 10.7 Å². The van der Waals surface area contributed by atoms with Crippen LogP contribution in [0.25, 0.3) is 10.2 Å². The minimum absolute atomic E-state index is 0.107. The Bertz CT molecular complexity index is 789. The second-order valence-corrected chi connectivity index (χ2v) is 5.16. The average Bonchev–Trinajstić information content (AvgIpc) is 2.96. The molecule has 0 spiro atoms. The fourth-order valence-corrected chi connectivity index (χ4v) is 2.68. The molecule has 0 bridgehead atoms. The molecule has 0 amide bonds. The number of nitrogens with two attached hydrogens (primary N) is 1. The minimum Gasteiger partial charge on any atom is -0.365 e. The number of nitrogens with zero attached hydrogens (tertiary/aromatic N) is 2. The highest BCUT2D eigenvalue weighted by atomic mass is 32.1. The van der Waals surface area contributed by atoms with Crippen molar-refractivity contribution >= 4 is 33.3 Å². The minimum atomic E-state index is -0.485. The molecular weight excluding hydrogens is 296 g/mol. The third-order valence-corrected chi connectivity index (χ3v) is 3.71. The van der Waals surface area contributed by atoms with Crippen molar-refractivity contribution in [2.45, 2.75) is 6.54 Å². The number of fused-ring (bicyclic) bond motifs is 1. The molecule has 0 radical (unpaired) electrons. The highest BCUT2D eigenvalue weighted by Gasteiger charge is 2.10. The summed E-state index contributed by atoms with van der Waals surface area (Å²) in [7, 11) is 0. The predicted octanol–water partition coefficient (Wildman–Crippen LogP) is 2.87. The van der Waals surface area contributed by atoms with E-state index >= 15 is 0 Å². The fourth-order valence-electron chi connectivity index (χ4n) is 1.91. The number of nitrogens with one attached hydrogen (secondary N) is 2. The average molecular weight is 307 g/mol. The van der Waals surface area contributed by atoms with Crippen molar-refractivity contribution in [3.05, 3.63) is 46.8 Å². The van der Waals surface area contributed by atoms with Crippen LogP contribution in [-0.4, -0.2) is 9.97 Å². The molecule has 2 aromatic heterocycles. The second kappa shape index (κ2) is 5.58. The van der Waals surface area contributed by atoms with Gasteiger partial charge in [-0.05, 0) is 29.6 Å². The zero-order chi connectivity index (χ0) is 14.8. The summed E-state index contributed by atoms with van der Waals surface area (Å²) >= 11 is 1.44. The normalized spacial score (nSPS) is 10.8. The van der Waals surface area contributed by atoms with E-state index in [1.165, 1.54) is 11.3 Å². The van der Waals surface area contributed by atoms with Gasteiger partial charge in [-0.3, -0.25) is 5.43 Å². The maximum absolute atomic E-state index is 13.6. The number of rotatable bonds is 4. The van der Waals surface area contributed by atoms with Gasteiger partial charge in [0.2, 0.25) is 5.95 Å². The molecule has 3 aromatic rings. The van der Waals surface area contributed by atoms with Gasteiger partial charge in [0.1, 0.15) is 22.3 Å². The van der Waals surface area contributed by atoms with Gasteiger partial charge >= 0.3 is 0 Å². The lowest BCUT2D eigenvalue weighted by atomic mass is 10.2. The van der Waals surface area contributed by atoms with E-state index in [0.29, 0.717) is 5.82 Å². The van der Waals surface area contributed by atoms with Crippen LogP contribution in [0.2, 0.25) is 0 Å². The first-order valence-electron chi connectivity index (χ1n) is 6.07. The van der Waals surface area contributed by atoms with E-state index in [1.54, 1.807) is 0 Å². The lowest BCUT2D eigenvalue weighted by molar-refractivity contribution is 0.587. The molecule has 0 saturated carbocycles. The quantitative estimate of drug-likeness (QED) is 0.510. The van der Waals surface area contributed by atoms with Crippen LogP contribution < -0.4 is 16.6 Å². The van der Waals surface area contributed by atoms with E-state index in [-0.39, 0.29) is 18.1 Å². The predicted molar refractivity (Wildman–Crippen MR) is 78.9 cm³/mol. The summed E-state index contributed by atoms with van der Waals surface area (Å²) in [5.41, 5.74) is 2.60. The Balaban J connectivity index is 1.91. The Hall–Kier alpha value is -2.32. The summed E-state index contributed by atoms with van der Waals surface area (Å²) in [6.07, 6.45) is 0. The smallest absolute Gasteiger partial charge is 0.240 e. The summed E-state index contributed by atoms with van der Waals surface area (Å²) in [5, 5.41) is 5.66. The molecule has 5 nitrogen and oxygen atoms in total. The van der Waals surface area contributed by atoms with E-state index in [4.69, 9.17) is 5.84 Å². The molecule has 21 heavy (non-hydrogen) atoms. The van der Waals surface area contributed by atoms with Crippen LogP contribution in [0.4, 0.5) is 20.5 Å². The van der Waals surface area contributed by atoms with Crippen molar-refractivity contribution in [1.82, 2.24) is 9.97 Å². The lowest BCUT2D eigenvalue weighted by Gasteiger charge is -2.09. The van der Waals surface area contributed by atoms with Crippen LogP contribution in [0.1, 0.15) is 5.56 Å². The summed E-state index contributed by atoms with van der Waals surface area (Å²) in [5.74, 6) is 5.13. The number of anilines is 2. The zero-order valence-electron chi connectivity index (χ0n) is 10.7. The monoisotopic (exact) mass is 307 g/mol. The summed E-state index contributed by atoms with van der Waals surface area (Å²) in [4.78, 5) is 9.14. The first-order chi connectivity index (χ1) is 10.2. The zero-order valence-corrected chi connectivity index (χ0v) is 11.5. The van der Waals surface area contributed by atoms with Crippen molar-refractivity contribution in [1.29, 1.82) is 0 Å². The molecule has 0 saturated heterocycles. The molecule has 0 aliphatic heterocycles. The number of hydrogen-bond donors (Lipinski definition) is 3. The second-order valence-electron chi connectivity index (χ2n) is 4.27. The fraction of sp³-hybridized carbons (Fsp3) is 0.0769. The van der Waals surface area contributed by atoms with Gasteiger partial charge in [-0.25, -0.2) is 19.6 Å². The molecule has 0 unspecified atom stereocenters. The highest BCUT2D eigenvalue weighted by Crippen LogP contribution is 2.26. The number of benzene rings is 1. The Morgan fingerprint density at radius 3 is 2.86 bits per heavy atom. The topological polar surface area (TPSA) is 75.9 Å². The molecule has 1 aromatic carbocycles. The first kappa shape index (κ1) is 13.7. The van der Waals surface area contributed by atoms with Gasteiger partial charge in [-0.2, -0.15) is 4.98 Å². The van der Waals surface area contributed by atoms with Gasteiger partial charge in [0, 0.05) is 12.1 Å². The Morgan fingerprint density at radius 1 is 1.19 bits per heavy atom. The Kier molecular flexibility index (Phi) is 3.63. The van der Waals surface area contributed by atoms with Crippen molar-refractivity contribution in [2.24, 2.45) is 5.84 Å². The van der Waals surface area contributed by atoms with Gasteiger partial charge < -0.3 is 5.32 Å². The lowest BCUT2D eigenvalue weighted by Crippen LogP contribution is -2.12. The van der Waals surface area contributed by atoms with Crippen LogP contribution in [0, 0.1) is 11.6 Å². The molecule has 0 aliphatic rings. The van der Waals surface area contributed by atoms with Crippen LogP contribution in [0.15, 0.2) is 29.6 Å². The SMILES string of the molecule is NNc1nc(NCc2cc(F)ccc2F)c2ccsc2n1. The van der Waals surface area contributed by atoms with Crippen molar-refractivity contribution in [3.8, 4) is 0 Å². The van der Waals surface area contributed by atoms with E-state index < -0.39 is 11.6 Å². The largest absolute Gasteiger partial charge is 0.365 e. The van der Waals surface area contributed by atoms with Gasteiger partial charge in [0.25, 0.3) is 0 Å². The molecule has 3 rings (SSSR count). The van der Waals surface area contributed by atoms with Crippen LogP contribution in [0.3, 0.4) is 0 Å². The molecule has 8 heteroatoms. The van der Waals surface area contributed by atoms with Crippen LogP contribution >= 0.6 is 11.3 Å². The van der Waals surface area contributed by atoms with Gasteiger partial charge in [-0.15, -0.1) is 11.3 Å². The summed E-state index contributed by atoms with van der Waals surface area (Å²) in [6, 6.07) is 5.18. The molecule has 0 atom stereocenters.